The molecule has 1 N–H and O–H groups in total. The largest absolute Gasteiger partial charge is 0.486 e. The van der Waals surface area contributed by atoms with E-state index in [0.717, 1.165) is 0 Å². The molecular formula is C13H11N3O4. The molecule has 2 heterocycles. The Hall–Kier alpha value is -2.83. The molecule has 0 spiro atoms. The Bertz CT molecular complexity index is 660. The summed E-state index contributed by atoms with van der Waals surface area (Å²) in [6, 6.07) is 8.50. The topological polar surface area (TPSA) is 86.5 Å². The molecule has 1 aromatic heterocycles. The van der Waals surface area contributed by atoms with Gasteiger partial charge in [0.2, 0.25) is 0 Å². The van der Waals surface area contributed by atoms with E-state index in [1.807, 2.05) is 0 Å². The number of nitro groups is 1. The Morgan fingerprint density at radius 2 is 2.00 bits per heavy atom. The molecule has 0 unspecified atom stereocenters. The molecule has 0 radical (unpaired) electrons. The van der Waals surface area contributed by atoms with Crippen LogP contribution in [0, 0.1) is 10.1 Å². The fourth-order valence-corrected chi connectivity index (χ4v) is 1.92. The smallest absolute Gasteiger partial charge is 0.387 e. The normalized spacial score (nSPS) is 12.8. The summed E-state index contributed by atoms with van der Waals surface area (Å²) in [5, 5.41) is 13.9. The van der Waals surface area contributed by atoms with Crippen molar-refractivity contribution in [1.82, 2.24) is 4.98 Å². The molecule has 0 saturated heterocycles. The van der Waals surface area contributed by atoms with Crippen LogP contribution in [0.5, 0.6) is 11.5 Å². The Labute approximate surface area is 114 Å². The fourth-order valence-electron chi connectivity index (χ4n) is 1.92. The first kappa shape index (κ1) is 12.2. The van der Waals surface area contributed by atoms with Crippen LogP contribution in [-0.4, -0.2) is 23.1 Å². The fraction of sp³-hybridized carbons (Fsp3) is 0.154. The number of ether oxygens (including phenoxy) is 2. The molecule has 2 aromatic rings. The van der Waals surface area contributed by atoms with Gasteiger partial charge < -0.3 is 24.9 Å². The highest BCUT2D eigenvalue weighted by atomic mass is 16.6. The van der Waals surface area contributed by atoms with Crippen LogP contribution in [-0.2, 0) is 0 Å². The zero-order valence-corrected chi connectivity index (χ0v) is 10.4. The number of nitrogens with one attached hydrogen (secondary N) is 1. The van der Waals surface area contributed by atoms with Gasteiger partial charge in [0.25, 0.3) is 0 Å². The third-order valence-corrected chi connectivity index (χ3v) is 2.78. The second-order valence-electron chi connectivity index (χ2n) is 4.12. The van der Waals surface area contributed by atoms with E-state index in [2.05, 4.69) is 10.3 Å². The zero-order valence-electron chi connectivity index (χ0n) is 10.4. The van der Waals surface area contributed by atoms with Gasteiger partial charge in [-0.05, 0) is 34.2 Å². The summed E-state index contributed by atoms with van der Waals surface area (Å²) < 4.78 is 10.9. The Kier molecular flexibility index (Phi) is 3.08. The van der Waals surface area contributed by atoms with Gasteiger partial charge in [-0.3, -0.25) is 0 Å². The molecule has 7 heteroatoms. The molecule has 1 aliphatic heterocycles. The van der Waals surface area contributed by atoms with E-state index in [1.54, 1.807) is 30.3 Å². The quantitative estimate of drug-likeness (QED) is 0.683. The van der Waals surface area contributed by atoms with Crippen molar-refractivity contribution in [2.24, 2.45) is 0 Å². The minimum atomic E-state index is -0.527. The van der Waals surface area contributed by atoms with Crippen molar-refractivity contribution in [1.29, 1.82) is 0 Å². The van der Waals surface area contributed by atoms with Gasteiger partial charge in [-0.15, -0.1) is 0 Å². The maximum atomic E-state index is 10.9. The second kappa shape index (κ2) is 5.04. The summed E-state index contributed by atoms with van der Waals surface area (Å²) in [5.41, 5.74) is 1.000. The van der Waals surface area contributed by atoms with Gasteiger partial charge in [-0.1, -0.05) is 0 Å². The number of pyridine rings is 1. The second-order valence-corrected chi connectivity index (χ2v) is 4.12. The standard InChI is InChI=1S/C13H11N3O4/c17-16(18)13-10(2-1-5-14-13)15-9-3-4-11-12(8-9)20-7-6-19-11/h1-5,8,15H,6-7H2. The molecule has 0 fully saturated rings. The number of fused-ring (bicyclic) bond motifs is 1. The van der Waals surface area contributed by atoms with Crippen LogP contribution in [0.1, 0.15) is 0 Å². The number of aromatic nitrogens is 1. The first-order valence-corrected chi connectivity index (χ1v) is 6.00. The number of nitrogens with zero attached hydrogens (tertiary/aromatic N) is 2. The average molecular weight is 273 g/mol. The number of anilines is 2. The van der Waals surface area contributed by atoms with Gasteiger partial charge in [0.05, 0.1) is 0 Å². The van der Waals surface area contributed by atoms with E-state index in [0.29, 0.717) is 36.1 Å². The van der Waals surface area contributed by atoms with Crippen LogP contribution < -0.4 is 14.8 Å². The first-order chi connectivity index (χ1) is 9.74. The summed E-state index contributed by atoms with van der Waals surface area (Å²) in [5.74, 6) is 1.07. The number of hydrogen-bond acceptors (Lipinski definition) is 6. The van der Waals surface area contributed by atoms with Crippen molar-refractivity contribution in [2.45, 2.75) is 0 Å². The summed E-state index contributed by atoms with van der Waals surface area (Å²) >= 11 is 0. The molecule has 1 aliphatic rings. The molecule has 0 saturated carbocycles. The molecule has 0 bridgehead atoms. The number of hydrogen-bond donors (Lipinski definition) is 1. The van der Waals surface area contributed by atoms with Crippen LogP contribution in [0.15, 0.2) is 36.5 Å². The molecule has 0 amide bonds. The Morgan fingerprint density at radius 1 is 1.20 bits per heavy atom. The molecule has 7 nitrogen and oxygen atoms in total. The third kappa shape index (κ3) is 2.33. The first-order valence-electron chi connectivity index (χ1n) is 6.00. The van der Waals surface area contributed by atoms with Gasteiger partial charge in [-0.2, -0.15) is 0 Å². The lowest BCUT2D eigenvalue weighted by molar-refractivity contribution is -0.388. The number of benzene rings is 1. The van der Waals surface area contributed by atoms with E-state index in [1.165, 1.54) is 6.20 Å². The maximum absolute atomic E-state index is 10.9. The maximum Gasteiger partial charge on any atom is 0.387 e. The van der Waals surface area contributed by atoms with Crippen LogP contribution in [0.4, 0.5) is 17.2 Å². The van der Waals surface area contributed by atoms with E-state index in [-0.39, 0.29) is 5.82 Å². The predicted molar refractivity (Wildman–Crippen MR) is 71.6 cm³/mol. The molecular weight excluding hydrogens is 262 g/mol. The monoisotopic (exact) mass is 273 g/mol. The van der Waals surface area contributed by atoms with E-state index in [4.69, 9.17) is 9.47 Å². The van der Waals surface area contributed by atoms with Crippen molar-refractivity contribution < 1.29 is 14.4 Å². The van der Waals surface area contributed by atoms with Gasteiger partial charge in [0.15, 0.2) is 11.5 Å². The van der Waals surface area contributed by atoms with Gasteiger partial charge in [0.1, 0.15) is 25.1 Å². The average Bonchev–Trinajstić information content (AvgIpc) is 2.47. The van der Waals surface area contributed by atoms with E-state index in [9.17, 15) is 10.1 Å². The Balaban J connectivity index is 1.90. The summed E-state index contributed by atoms with van der Waals surface area (Å²) in [4.78, 5) is 14.1. The summed E-state index contributed by atoms with van der Waals surface area (Å²) in [6.45, 7) is 1.01. The molecule has 3 rings (SSSR count). The highest BCUT2D eigenvalue weighted by Gasteiger charge is 2.16. The lowest BCUT2D eigenvalue weighted by Gasteiger charge is -2.19. The SMILES string of the molecule is O=[N+]([O-])c1ncccc1Nc1ccc2c(c1)OCCO2. The molecule has 0 atom stereocenters. The zero-order chi connectivity index (χ0) is 13.9. The molecule has 0 aliphatic carbocycles. The minimum absolute atomic E-state index is 0.220. The van der Waals surface area contributed by atoms with Gasteiger partial charge in [-0.25, -0.2) is 0 Å². The minimum Gasteiger partial charge on any atom is -0.486 e. The highest BCUT2D eigenvalue weighted by Crippen LogP contribution is 2.34. The third-order valence-electron chi connectivity index (χ3n) is 2.78. The summed E-state index contributed by atoms with van der Waals surface area (Å²) in [6.07, 6.45) is 1.38. The lowest BCUT2D eigenvalue weighted by atomic mass is 10.2. The molecule has 102 valence electrons. The van der Waals surface area contributed by atoms with Crippen molar-refractivity contribution in [3.05, 3.63) is 46.6 Å². The van der Waals surface area contributed by atoms with Crippen LogP contribution in [0.25, 0.3) is 0 Å². The molecule has 20 heavy (non-hydrogen) atoms. The van der Waals surface area contributed by atoms with E-state index >= 15 is 0 Å². The van der Waals surface area contributed by atoms with E-state index < -0.39 is 4.92 Å². The van der Waals surface area contributed by atoms with Gasteiger partial charge in [0, 0.05) is 11.8 Å². The van der Waals surface area contributed by atoms with Gasteiger partial charge >= 0.3 is 5.82 Å². The van der Waals surface area contributed by atoms with Crippen LogP contribution in [0.3, 0.4) is 0 Å². The lowest BCUT2D eigenvalue weighted by Crippen LogP contribution is -2.15. The summed E-state index contributed by atoms with van der Waals surface area (Å²) in [7, 11) is 0. The Morgan fingerprint density at radius 3 is 2.80 bits per heavy atom. The molecule has 1 aromatic carbocycles. The highest BCUT2D eigenvalue weighted by molar-refractivity contribution is 5.68. The van der Waals surface area contributed by atoms with Crippen molar-refractivity contribution in [3.63, 3.8) is 0 Å². The van der Waals surface area contributed by atoms with Crippen LogP contribution in [0.2, 0.25) is 0 Å². The predicted octanol–water partition coefficient (Wildman–Crippen LogP) is 2.50. The van der Waals surface area contributed by atoms with Crippen molar-refractivity contribution in [3.8, 4) is 11.5 Å². The van der Waals surface area contributed by atoms with Crippen molar-refractivity contribution >= 4 is 17.2 Å². The number of rotatable bonds is 3. The van der Waals surface area contributed by atoms with Crippen molar-refractivity contribution in [2.75, 3.05) is 18.5 Å². The van der Waals surface area contributed by atoms with Crippen LogP contribution >= 0.6 is 0 Å².